The van der Waals surface area contributed by atoms with Gasteiger partial charge in [-0.25, -0.2) is 0 Å². The molecule has 3 nitrogen and oxygen atoms in total. The lowest BCUT2D eigenvalue weighted by Gasteiger charge is -2.08. The summed E-state index contributed by atoms with van der Waals surface area (Å²) in [5.41, 5.74) is 1.13. The van der Waals surface area contributed by atoms with E-state index in [2.05, 4.69) is 19.2 Å². The molecule has 1 rings (SSSR count). The summed E-state index contributed by atoms with van der Waals surface area (Å²) in [6, 6.07) is 7.83. The number of amides is 1. The van der Waals surface area contributed by atoms with Crippen molar-refractivity contribution in [2.75, 3.05) is 13.7 Å². The second kappa shape index (κ2) is 6.94. The Morgan fingerprint density at radius 3 is 2.82 bits per heavy atom. The summed E-state index contributed by atoms with van der Waals surface area (Å²) >= 11 is 0. The highest BCUT2D eigenvalue weighted by atomic mass is 16.5. The van der Waals surface area contributed by atoms with E-state index >= 15 is 0 Å². The van der Waals surface area contributed by atoms with Gasteiger partial charge in [-0.2, -0.15) is 0 Å². The first kappa shape index (κ1) is 13.6. The van der Waals surface area contributed by atoms with Crippen LogP contribution in [0.2, 0.25) is 0 Å². The Hall–Kier alpha value is -1.51. The maximum atomic E-state index is 11.5. The Labute approximate surface area is 103 Å². The number of benzene rings is 1. The fraction of sp³-hybridized carbons (Fsp3) is 0.500. The minimum Gasteiger partial charge on any atom is -0.497 e. The van der Waals surface area contributed by atoms with Gasteiger partial charge in [0.2, 0.25) is 5.91 Å². The zero-order valence-corrected chi connectivity index (χ0v) is 10.8. The zero-order valence-electron chi connectivity index (χ0n) is 10.8. The summed E-state index contributed by atoms with van der Waals surface area (Å²) in [6.45, 7) is 4.92. The zero-order chi connectivity index (χ0) is 12.7. The Bertz CT molecular complexity index is 361. The molecule has 0 saturated carbocycles. The van der Waals surface area contributed by atoms with Crippen LogP contribution in [0.1, 0.15) is 25.8 Å². The highest BCUT2D eigenvalue weighted by Crippen LogP contribution is 2.13. The molecule has 0 saturated heterocycles. The van der Waals surface area contributed by atoms with Crippen molar-refractivity contribution < 1.29 is 9.53 Å². The molecule has 0 aliphatic rings. The molecular formula is C14H21NO2. The molecule has 1 aromatic carbocycles. The van der Waals surface area contributed by atoms with Crippen LogP contribution in [0.4, 0.5) is 0 Å². The van der Waals surface area contributed by atoms with Crippen LogP contribution < -0.4 is 10.1 Å². The fourth-order valence-electron chi connectivity index (χ4n) is 1.49. The summed E-state index contributed by atoms with van der Waals surface area (Å²) in [7, 11) is 1.65. The highest BCUT2D eigenvalue weighted by Gasteiger charge is 2.03. The molecule has 94 valence electrons. The first-order valence-corrected chi connectivity index (χ1v) is 6.01. The Kier molecular flexibility index (Phi) is 5.53. The van der Waals surface area contributed by atoms with E-state index in [1.54, 1.807) is 7.11 Å². The standard InChI is InChI=1S/C14H21NO2/c1-11(2)10-15-14(16)8-7-12-5-4-6-13(9-12)17-3/h4-6,9,11H,7-8,10H2,1-3H3,(H,15,16). The smallest absolute Gasteiger partial charge is 0.220 e. The number of methoxy groups -OCH3 is 1. The molecule has 3 heteroatoms. The molecular weight excluding hydrogens is 214 g/mol. The van der Waals surface area contributed by atoms with Crippen molar-refractivity contribution in [3.05, 3.63) is 29.8 Å². The van der Waals surface area contributed by atoms with Gasteiger partial charge in [0.05, 0.1) is 7.11 Å². The first-order valence-electron chi connectivity index (χ1n) is 6.01. The minimum absolute atomic E-state index is 0.113. The maximum Gasteiger partial charge on any atom is 0.220 e. The van der Waals surface area contributed by atoms with E-state index in [0.717, 1.165) is 24.3 Å². The van der Waals surface area contributed by atoms with Crippen molar-refractivity contribution in [2.45, 2.75) is 26.7 Å². The third kappa shape index (κ3) is 5.38. The van der Waals surface area contributed by atoms with E-state index in [9.17, 15) is 4.79 Å². The summed E-state index contributed by atoms with van der Waals surface area (Å²) in [5.74, 6) is 1.45. The molecule has 0 aliphatic heterocycles. The van der Waals surface area contributed by atoms with Crippen molar-refractivity contribution in [1.82, 2.24) is 5.32 Å². The van der Waals surface area contributed by atoms with Gasteiger partial charge in [0.1, 0.15) is 5.75 Å². The van der Waals surface area contributed by atoms with Gasteiger partial charge in [-0.3, -0.25) is 4.79 Å². The largest absolute Gasteiger partial charge is 0.497 e. The molecule has 0 radical (unpaired) electrons. The first-order chi connectivity index (χ1) is 8.11. The quantitative estimate of drug-likeness (QED) is 0.822. The van der Waals surface area contributed by atoms with Gasteiger partial charge in [-0.15, -0.1) is 0 Å². The number of carbonyl (C=O) groups excluding carboxylic acids is 1. The average molecular weight is 235 g/mol. The second-order valence-electron chi connectivity index (χ2n) is 4.55. The number of ether oxygens (including phenoxy) is 1. The van der Waals surface area contributed by atoms with Crippen molar-refractivity contribution >= 4 is 5.91 Å². The SMILES string of the molecule is COc1cccc(CCC(=O)NCC(C)C)c1. The summed E-state index contributed by atoms with van der Waals surface area (Å²) < 4.78 is 5.14. The van der Waals surface area contributed by atoms with Crippen molar-refractivity contribution in [3.8, 4) is 5.75 Å². The van der Waals surface area contributed by atoms with Gasteiger partial charge in [0.25, 0.3) is 0 Å². The van der Waals surface area contributed by atoms with Gasteiger partial charge in [0, 0.05) is 13.0 Å². The normalized spacial score (nSPS) is 10.4. The van der Waals surface area contributed by atoms with Crippen LogP contribution in [0.3, 0.4) is 0 Å². The molecule has 0 bridgehead atoms. The number of hydrogen-bond donors (Lipinski definition) is 1. The van der Waals surface area contributed by atoms with Crippen molar-refractivity contribution in [3.63, 3.8) is 0 Å². The van der Waals surface area contributed by atoms with Gasteiger partial charge in [-0.1, -0.05) is 26.0 Å². The topological polar surface area (TPSA) is 38.3 Å². The molecule has 0 aliphatic carbocycles. The Morgan fingerprint density at radius 1 is 1.41 bits per heavy atom. The molecule has 1 amide bonds. The molecule has 0 fully saturated rings. The van der Waals surface area contributed by atoms with Crippen LogP contribution in [0.25, 0.3) is 0 Å². The van der Waals surface area contributed by atoms with Crippen molar-refractivity contribution in [1.29, 1.82) is 0 Å². The average Bonchev–Trinajstić information content (AvgIpc) is 2.34. The van der Waals surface area contributed by atoms with Crippen LogP contribution in [0, 0.1) is 5.92 Å². The molecule has 17 heavy (non-hydrogen) atoms. The maximum absolute atomic E-state index is 11.5. The van der Waals surface area contributed by atoms with Gasteiger partial charge in [-0.05, 0) is 30.0 Å². The minimum atomic E-state index is 0.113. The van der Waals surface area contributed by atoms with E-state index in [1.165, 1.54) is 0 Å². The van der Waals surface area contributed by atoms with Gasteiger partial charge in [0.15, 0.2) is 0 Å². The van der Waals surface area contributed by atoms with Crippen LogP contribution in [0.5, 0.6) is 5.75 Å². The predicted molar refractivity (Wildman–Crippen MR) is 69.2 cm³/mol. The summed E-state index contributed by atoms with van der Waals surface area (Å²) in [4.78, 5) is 11.5. The molecule has 0 aromatic heterocycles. The summed E-state index contributed by atoms with van der Waals surface area (Å²) in [6.07, 6.45) is 1.28. The number of carbonyl (C=O) groups is 1. The molecule has 1 N–H and O–H groups in total. The monoisotopic (exact) mass is 235 g/mol. The molecule has 0 spiro atoms. The van der Waals surface area contributed by atoms with Crippen LogP contribution in [0.15, 0.2) is 24.3 Å². The Morgan fingerprint density at radius 2 is 2.18 bits per heavy atom. The van der Waals surface area contributed by atoms with Crippen LogP contribution >= 0.6 is 0 Å². The van der Waals surface area contributed by atoms with E-state index in [4.69, 9.17) is 4.74 Å². The predicted octanol–water partition coefficient (Wildman–Crippen LogP) is 2.40. The van der Waals surface area contributed by atoms with Crippen LogP contribution in [-0.2, 0) is 11.2 Å². The number of hydrogen-bond acceptors (Lipinski definition) is 2. The van der Waals surface area contributed by atoms with Gasteiger partial charge < -0.3 is 10.1 Å². The fourth-order valence-corrected chi connectivity index (χ4v) is 1.49. The number of aryl methyl sites for hydroxylation is 1. The summed E-state index contributed by atoms with van der Waals surface area (Å²) in [5, 5.41) is 2.91. The Balaban J connectivity index is 2.36. The molecule has 0 unspecified atom stereocenters. The number of nitrogens with one attached hydrogen (secondary N) is 1. The van der Waals surface area contributed by atoms with E-state index in [0.29, 0.717) is 12.3 Å². The van der Waals surface area contributed by atoms with E-state index in [1.807, 2.05) is 24.3 Å². The van der Waals surface area contributed by atoms with Crippen LogP contribution in [-0.4, -0.2) is 19.6 Å². The molecule has 1 aromatic rings. The third-order valence-corrected chi connectivity index (χ3v) is 2.48. The molecule has 0 atom stereocenters. The lowest BCUT2D eigenvalue weighted by molar-refractivity contribution is -0.121. The van der Waals surface area contributed by atoms with Gasteiger partial charge >= 0.3 is 0 Å². The number of rotatable bonds is 6. The van der Waals surface area contributed by atoms with E-state index in [-0.39, 0.29) is 5.91 Å². The molecule has 0 heterocycles. The lowest BCUT2D eigenvalue weighted by atomic mass is 10.1. The van der Waals surface area contributed by atoms with Crippen molar-refractivity contribution in [2.24, 2.45) is 5.92 Å². The lowest BCUT2D eigenvalue weighted by Crippen LogP contribution is -2.27. The van der Waals surface area contributed by atoms with E-state index < -0.39 is 0 Å². The highest BCUT2D eigenvalue weighted by molar-refractivity contribution is 5.76. The second-order valence-corrected chi connectivity index (χ2v) is 4.55. The third-order valence-electron chi connectivity index (χ3n) is 2.48.